The summed E-state index contributed by atoms with van der Waals surface area (Å²) in [4.78, 5) is 12.8. The molecule has 140 valence electrons. The third-order valence-electron chi connectivity index (χ3n) is 4.39. The molecule has 0 fully saturated rings. The maximum atomic E-state index is 11.0. The second-order valence-corrected chi connectivity index (χ2v) is 7.63. The molecule has 1 aromatic heterocycles. The van der Waals surface area contributed by atoms with Gasteiger partial charge in [0, 0.05) is 29.4 Å². The van der Waals surface area contributed by atoms with E-state index in [0.29, 0.717) is 6.54 Å². The summed E-state index contributed by atoms with van der Waals surface area (Å²) in [5.41, 5.74) is 3.14. The number of fused-ring (bicyclic) bond motifs is 1. The Morgan fingerprint density at radius 3 is 2.56 bits per heavy atom. The summed E-state index contributed by atoms with van der Waals surface area (Å²) in [5.74, 6) is -0.824. The summed E-state index contributed by atoms with van der Waals surface area (Å²) in [6, 6.07) is 13.9. The molecule has 2 aromatic carbocycles. The summed E-state index contributed by atoms with van der Waals surface area (Å²) < 4.78 is 3.46. The third kappa shape index (κ3) is 4.49. The molecule has 0 saturated heterocycles. The SMILES string of the molecule is CCN(CC(=O)O)c1ccc(C=Cc2sc3ccc(Cl)cc3[n+]2CC)cc1. The minimum Gasteiger partial charge on any atom is -0.480 e. The van der Waals surface area contributed by atoms with Crippen LogP contribution in [0.3, 0.4) is 0 Å². The van der Waals surface area contributed by atoms with E-state index < -0.39 is 5.97 Å². The zero-order valence-corrected chi connectivity index (χ0v) is 16.9. The molecule has 0 atom stereocenters. The van der Waals surface area contributed by atoms with Crippen LogP contribution in [-0.4, -0.2) is 24.2 Å². The molecule has 0 radical (unpaired) electrons. The van der Waals surface area contributed by atoms with Crippen molar-refractivity contribution < 1.29 is 14.5 Å². The first-order valence-corrected chi connectivity index (χ1v) is 10.1. The molecule has 0 spiro atoms. The van der Waals surface area contributed by atoms with Gasteiger partial charge in [-0.1, -0.05) is 35.1 Å². The van der Waals surface area contributed by atoms with Crippen LogP contribution in [0.1, 0.15) is 24.4 Å². The van der Waals surface area contributed by atoms with Crippen LogP contribution in [0, 0.1) is 0 Å². The van der Waals surface area contributed by atoms with E-state index in [1.807, 2.05) is 48.2 Å². The number of aryl methyl sites for hydroxylation is 1. The number of carboxylic acids is 1. The molecule has 3 aromatic rings. The fourth-order valence-electron chi connectivity index (χ4n) is 3.04. The van der Waals surface area contributed by atoms with E-state index in [2.05, 4.69) is 29.7 Å². The summed E-state index contributed by atoms with van der Waals surface area (Å²) in [7, 11) is 0. The number of likely N-dealkylation sites (N-methyl/N-ethyl adjacent to an activating group) is 1. The van der Waals surface area contributed by atoms with Crippen LogP contribution in [0.2, 0.25) is 5.02 Å². The van der Waals surface area contributed by atoms with E-state index in [1.54, 1.807) is 11.3 Å². The Kier molecular flexibility index (Phi) is 6.14. The number of aliphatic carboxylic acids is 1. The van der Waals surface area contributed by atoms with Crippen LogP contribution >= 0.6 is 22.9 Å². The van der Waals surface area contributed by atoms with Crippen LogP contribution < -0.4 is 9.47 Å². The van der Waals surface area contributed by atoms with Gasteiger partial charge in [-0.15, -0.1) is 0 Å². The number of nitrogens with zero attached hydrogens (tertiary/aromatic N) is 2. The molecule has 4 nitrogen and oxygen atoms in total. The zero-order chi connectivity index (χ0) is 19.4. The van der Waals surface area contributed by atoms with Crippen molar-refractivity contribution in [3.63, 3.8) is 0 Å². The maximum Gasteiger partial charge on any atom is 0.323 e. The van der Waals surface area contributed by atoms with Gasteiger partial charge in [0.2, 0.25) is 5.52 Å². The zero-order valence-electron chi connectivity index (χ0n) is 15.4. The Balaban J connectivity index is 1.84. The number of thiazole rings is 1. The normalized spacial score (nSPS) is 11.4. The van der Waals surface area contributed by atoms with E-state index in [0.717, 1.165) is 28.3 Å². The molecular formula is C21H22ClN2O2S+. The summed E-state index contributed by atoms with van der Waals surface area (Å²) in [5, 5.41) is 10.9. The van der Waals surface area contributed by atoms with Gasteiger partial charge in [-0.3, -0.25) is 4.79 Å². The van der Waals surface area contributed by atoms with Gasteiger partial charge in [0.25, 0.3) is 5.01 Å². The monoisotopic (exact) mass is 401 g/mol. The number of aromatic nitrogens is 1. The van der Waals surface area contributed by atoms with E-state index in [-0.39, 0.29) is 6.54 Å². The topological polar surface area (TPSA) is 44.4 Å². The molecule has 0 aliphatic carbocycles. The number of hydrogen-bond acceptors (Lipinski definition) is 3. The minimum atomic E-state index is -0.824. The van der Waals surface area contributed by atoms with Crippen molar-refractivity contribution in [1.29, 1.82) is 0 Å². The van der Waals surface area contributed by atoms with Crippen molar-refractivity contribution in [2.75, 3.05) is 18.0 Å². The van der Waals surface area contributed by atoms with Gasteiger partial charge in [0.1, 0.15) is 17.8 Å². The van der Waals surface area contributed by atoms with Gasteiger partial charge in [0.15, 0.2) is 0 Å². The molecule has 1 N–H and O–H groups in total. The number of carbonyl (C=O) groups is 1. The van der Waals surface area contributed by atoms with Gasteiger partial charge in [-0.05, 0) is 49.8 Å². The van der Waals surface area contributed by atoms with Gasteiger partial charge >= 0.3 is 5.97 Å². The lowest BCUT2D eigenvalue weighted by Gasteiger charge is -2.20. The molecule has 0 aliphatic rings. The van der Waals surface area contributed by atoms with Gasteiger partial charge < -0.3 is 10.0 Å². The predicted molar refractivity (Wildman–Crippen MR) is 114 cm³/mol. The van der Waals surface area contributed by atoms with Crippen molar-refractivity contribution in [3.05, 3.63) is 58.1 Å². The van der Waals surface area contributed by atoms with Crippen LogP contribution in [0.15, 0.2) is 42.5 Å². The Bertz CT molecular complexity index is 980. The third-order valence-corrected chi connectivity index (χ3v) is 5.76. The lowest BCUT2D eigenvalue weighted by atomic mass is 10.2. The maximum absolute atomic E-state index is 11.0. The van der Waals surface area contributed by atoms with E-state index in [9.17, 15) is 4.79 Å². The first-order chi connectivity index (χ1) is 13.0. The number of carboxylic acid groups (broad SMARTS) is 1. The standard InChI is InChI=1S/C21H21ClN2O2S/c1-3-23(14-21(25)26)17-9-5-15(6-10-17)7-12-20-24(4-2)18-13-16(22)8-11-19(18)27-20/h5-13H,3-4,14H2,1-2H3/p+1. The highest BCUT2D eigenvalue weighted by Crippen LogP contribution is 2.25. The van der Waals surface area contributed by atoms with Gasteiger partial charge in [0.05, 0.1) is 0 Å². The highest BCUT2D eigenvalue weighted by atomic mass is 35.5. The van der Waals surface area contributed by atoms with Crippen molar-refractivity contribution >= 4 is 57.0 Å². The second kappa shape index (κ2) is 8.55. The number of benzene rings is 2. The van der Waals surface area contributed by atoms with Gasteiger partial charge in [-0.25, -0.2) is 0 Å². The molecule has 0 aliphatic heterocycles. The Hall–Kier alpha value is -2.37. The summed E-state index contributed by atoms with van der Waals surface area (Å²) >= 11 is 7.89. The molecule has 3 rings (SSSR count). The molecule has 0 bridgehead atoms. The number of rotatable bonds is 7. The van der Waals surface area contributed by atoms with Crippen molar-refractivity contribution in [2.45, 2.75) is 20.4 Å². The van der Waals surface area contributed by atoms with E-state index >= 15 is 0 Å². The largest absolute Gasteiger partial charge is 0.480 e. The molecule has 27 heavy (non-hydrogen) atoms. The second-order valence-electron chi connectivity index (χ2n) is 6.13. The first kappa shape index (κ1) is 19.4. The molecular weight excluding hydrogens is 380 g/mol. The number of hydrogen-bond donors (Lipinski definition) is 1. The summed E-state index contributed by atoms with van der Waals surface area (Å²) in [6.07, 6.45) is 4.20. The minimum absolute atomic E-state index is 0.00648. The van der Waals surface area contributed by atoms with Crippen molar-refractivity contribution in [1.82, 2.24) is 0 Å². The molecule has 6 heteroatoms. The van der Waals surface area contributed by atoms with Crippen LogP contribution in [0.25, 0.3) is 22.4 Å². The molecule has 0 unspecified atom stereocenters. The molecule has 0 saturated carbocycles. The quantitative estimate of drug-likeness (QED) is 0.570. The number of anilines is 1. The number of halogens is 1. The van der Waals surface area contributed by atoms with E-state index in [1.165, 1.54) is 9.71 Å². The van der Waals surface area contributed by atoms with Gasteiger partial charge in [-0.2, -0.15) is 4.57 Å². The summed E-state index contributed by atoms with van der Waals surface area (Å²) in [6.45, 7) is 5.61. The lowest BCUT2D eigenvalue weighted by Crippen LogP contribution is -2.33. The predicted octanol–water partition coefficient (Wildman–Crippen LogP) is 4.94. The van der Waals surface area contributed by atoms with Crippen LogP contribution in [0.5, 0.6) is 0 Å². The van der Waals surface area contributed by atoms with E-state index in [4.69, 9.17) is 16.7 Å². The van der Waals surface area contributed by atoms with Crippen molar-refractivity contribution in [2.24, 2.45) is 0 Å². The molecule has 0 amide bonds. The van der Waals surface area contributed by atoms with Crippen molar-refractivity contribution in [3.8, 4) is 0 Å². The van der Waals surface area contributed by atoms with Crippen LogP contribution in [0.4, 0.5) is 5.69 Å². The Morgan fingerprint density at radius 1 is 1.19 bits per heavy atom. The first-order valence-electron chi connectivity index (χ1n) is 8.88. The fraction of sp³-hybridized carbons (Fsp3) is 0.238. The average Bonchev–Trinajstić information content (AvgIpc) is 3.01. The highest BCUT2D eigenvalue weighted by Gasteiger charge is 2.17. The fourth-order valence-corrected chi connectivity index (χ4v) is 4.31. The average molecular weight is 402 g/mol. The van der Waals surface area contributed by atoms with Crippen LogP contribution in [-0.2, 0) is 11.3 Å². The smallest absolute Gasteiger partial charge is 0.323 e. The Labute approximate surface area is 167 Å². The highest BCUT2D eigenvalue weighted by molar-refractivity contribution is 7.18. The lowest BCUT2D eigenvalue weighted by molar-refractivity contribution is -0.665. The molecule has 1 heterocycles. The Morgan fingerprint density at radius 2 is 1.93 bits per heavy atom.